The molecule has 7 nitrogen and oxygen atoms in total. The summed E-state index contributed by atoms with van der Waals surface area (Å²) in [6.45, 7) is 2.78. The summed E-state index contributed by atoms with van der Waals surface area (Å²) in [4.78, 5) is 6.14. The molecule has 0 radical (unpaired) electrons. The van der Waals surface area contributed by atoms with Crippen LogP contribution in [0.25, 0.3) is 0 Å². The summed E-state index contributed by atoms with van der Waals surface area (Å²) in [6, 6.07) is 1.89. The summed E-state index contributed by atoms with van der Waals surface area (Å²) < 4.78 is 10.2. The maximum atomic E-state index is 9.44. The molecular weight excluding hydrogens is 224 g/mol. The molecule has 1 atom stereocenters. The van der Waals surface area contributed by atoms with E-state index in [4.69, 9.17) is 14.5 Å². The molecule has 0 saturated carbocycles. The van der Waals surface area contributed by atoms with Crippen molar-refractivity contribution in [3.63, 3.8) is 0 Å². The predicted octanol–water partition coefficient (Wildman–Crippen LogP) is -0.277. The number of aromatic nitrogens is 2. The highest BCUT2D eigenvalue weighted by atomic mass is 16.5. The molecule has 1 N–H and O–H groups in total. The molecule has 1 aliphatic rings. The Hall–Kier alpha value is -1.65. The fraction of sp³-hybridized carbons (Fsp3) is 0.700. The van der Waals surface area contributed by atoms with E-state index >= 15 is 0 Å². The van der Waals surface area contributed by atoms with Crippen LogP contribution in [0.5, 0.6) is 0 Å². The van der Waals surface area contributed by atoms with Crippen molar-refractivity contribution in [3.8, 4) is 6.07 Å². The van der Waals surface area contributed by atoms with Gasteiger partial charge < -0.3 is 19.3 Å². The highest BCUT2D eigenvalue weighted by molar-refractivity contribution is 5.28. The van der Waals surface area contributed by atoms with Gasteiger partial charge in [0.15, 0.2) is 0 Å². The van der Waals surface area contributed by atoms with Crippen molar-refractivity contribution >= 4 is 5.95 Å². The lowest BCUT2D eigenvalue weighted by Crippen LogP contribution is -2.36. The van der Waals surface area contributed by atoms with E-state index in [-0.39, 0.29) is 12.8 Å². The van der Waals surface area contributed by atoms with E-state index in [1.807, 2.05) is 11.0 Å². The summed E-state index contributed by atoms with van der Waals surface area (Å²) >= 11 is 0. The number of aliphatic hydroxyl groups is 1. The number of nitrogens with zero attached hydrogens (tertiary/aromatic N) is 4. The molecular formula is C10H14N4O3. The lowest BCUT2D eigenvalue weighted by atomic mass is 10.2. The van der Waals surface area contributed by atoms with Gasteiger partial charge in [0.25, 0.3) is 5.95 Å². The topological polar surface area (TPSA) is 95.4 Å². The molecule has 2 heterocycles. The molecule has 1 aliphatic heterocycles. The van der Waals surface area contributed by atoms with E-state index < -0.39 is 6.10 Å². The van der Waals surface area contributed by atoms with Crippen LogP contribution in [0.15, 0.2) is 4.52 Å². The number of nitriles is 1. The van der Waals surface area contributed by atoms with Crippen LogP contribution in [-0.4, -0.2) is 47.7 Å². The minimum Gasteiger partial charge on any atom is -0.392 e. The van der Waals surface area contributed by atoms with Crippen molar-refractivity contribution in [1.82, 2.24) is 10.1 Å². The number of morpholine rings is 1. The Balaban J connectivity index is 1.93. The summed E-state index contributed by atoms with van der Waals surface area (Å²) in [5.74, 6) is 0.877. The number of anilines is 1. The van der Waals surface area contributed by atoms with Gasteiger partial charge in [-0.25, -0.2) is 0 Å². The molecule has 0 aromatic carbocycles. The van der Waals surface area contributed by atoms with Crippen LogP contribution in [0.1, 0.15) is 12.3 Å². The molecule has 1 aromatic heterocycles. The monoisotopic (exact) mass is 238 g/mol. The van der Waals surface area contributed by atoms with Gasteiger partial charge in [0.05, 0.1) is 38.2 Å². The van der Waals surface area contributed by atoms with E-state index in [0.717, 1.165) is 13.1 Å². The van der Waals surface area contributed by atoms with Gasteiger partial charge in [0.1, 0.15) is 0 Å². The summed E-state index contributed by atoms with van der Waals surface area (Å²) in [7, 11) is 0. The number of aliphatic hydroxyl groups excluding tert-OH is 1. The van der Waals surface area contributed by atoms with Crippen LogP contribution in [0.3, 0.4) is 0 Å². The fourth-order valence-electron chi connectivity index (χ4n) is 1.60. The minimum absolute atomic E-state index is 0.0647. The summed E-state index contributed by atoms with van der Waals surface area (Å²) in [5, 5.41) is 21.7. The predicted molar refractivity (Wildman–Crippen MR) is 57.3 cm³/mol. The van der Waals surface area contributed by atoms with Gasteiger partial charge in [-0.3, -0.25) is 0 Å². The Morgan fingerprint density at radius 3 is 2.94 bits per heavy atom. The molecule has 0 spiro atoms. The van der Waals surface area contributed by atoms with Crippen molar-refractivity contribution in [2.75, 3.05) is 31.2 Å². The third-order valence-corrected chi connectivity index (χ3v) is 2.49. The Bertz CT molecular complexity index is 395. The van der Waals surface area contributed by atoms with Gasteiger partial charge in [-0.05, 0) is 5.16 Å². The van der Waals surface area contributed by atoms with Gasteiger partial charge in [-0.1, -0.05) is 0 Å². The Morgan fingerprint density at radius 1 is 1.47 bits per heavy atom. The zero-order valence-corrected chi connectivity index (χ0v) is 9.37. The SMILES string of the molecule is N#CCC(O)Cc1nc(N2CCOCC2)no1. The van der Waals surface area contributed by atoms with Crippen molar-refractivity contribution < 1.29 is 14.4 Å². The minimum atomic E-state index is -0.752. The normalized spacial score (nSPS) is 17.8. The van der Waals surface area contributed by atoms with Gasteiger partial charge in [-0.2, -0.15) is 10.2 Å². The third kappa shape index (κ3) is 3.15. The second kappa shape index (κ2) is 5.61. The average molecular weight is 238 g/mol. The maximum Gasteiger partial charge on any atom is 0.266 e. The Kier molecular flexibility index (Phi) is 3.90. The second-order valence-electron chi connectivity index (χ2n) is 3.81. The third-order valence-electron chi connectivity index (χ3n) is 2.49. The number of hydrogen-bond acceptors (Lipinski definition) is 7. The Labute approximate surface area is 98.6 Å². The number of ether oxygens (including phenoxy) is 1. The van der Waals surface area contributed by atoms with Crippen molar-refractivity contribution in [3.05, 3.63) is 5.89 Å². The van der Waals surface area contributed by atoms with E-state index in [0.29, 0.717) is 25.1 Å². The number of hydrogen-bond donors (Lipinski definition) is 1. The molecule has 1 aromatic rings. The zero-order chi connectivity index (χ0) is 12.1. The molecule has 0 aliphatic carbocycles. The zero-order valence-electron chi connectivity index (χ0n) is 9.37. The maximum absolute atomic E-state index is 9.44. The van der Waals surface area contributed by atoms with Crippen LogP contribution >= 0.6 is 0 Å². The lowest BCUT2D eigenvalue weighted by Gasteiger charge is -2.24. The standard InChI is InChI=1S/C10H14N4O3/c11-2-1-8(15)7-9-12-10(13-17-9)14-3-5-16-6-4-14/h8,15H,1,3-7H2. The van der Waals surface area contributed by atoms with E-state index in [1.54, 1.807) is 0 Å². The highest BCUT2D eigenvalue weighted by Crippen LogP contribution is 2.12. The van der Waals surface area contributed by atoms with E-state index in [2.05, 4.69) is 10.1 Å². The molecule has 2 rings (SSSR count). The second-order valence-corrected chi connectivity index (χ2v) is 3.81. The number of rotatable bonds is 4. The first-order valence-electron chi connectivity index (χ1n) is 5.50. The quantitative estimate of drug-likeness (QED) is 0.770. The fourth-order valence-corrected chi connectivity index (χ4v) is 1.60. The van der Waals surface area contributed by atoms with Crippen LogP contribution in [-0.2, 0) is 11.2 Å². The lowest BCUT2D eigenvalue weighted by molar-refractivity contribution is 0.121. The Morgan fingerprint density at radius 2 is 2.24 bits per heavy atom. The first kappa shape index (κ1) is 11.8. The molecule has 1 unspecified atom stereocenters. The first-order chi connectivity index (χ1) is 8.29. The molecule has 1 saturated heterocycles. The molecule has 7 heteroatoms. The largest absolute Gasteiger partial charge is 0.392 e. The van der Waals surface area contributed by atoms with Crippen LogP contribution in [0, 0.1) is 11.3 Å². The van der Waals surface area contributed by atoms with Gasteiger partial charge in [0, 0.05) is 13.1 Å². The smallest absolute Gasteiger partial charge is 0.266 e. The van der Waals surface area contributed by atoms with Gasteiger partial charge >= 0.3 is 0 Å². The van der Waals surface area contributed by atoms with Crippen LogP contribution < -0.4 is 4.90 Å². The molecule has 17 heavy (non-hydrogen) atoms. The van der Waals surface area contributed by atoms with Crippen molar-refractivity contribution in [2.45, 2.75) is 18.9 Å². The van der Waals surface area contributed by atoms with Gasteiger partial charge in [0.2, 0.25) is 5.89 Å². The summed E-state index contributed by atoms with van der Waals surface area (Å²) in [5.41, 5.74) is 0. The van der Waals surface area contributed by atoms with E-state index in [9.17, 15) is 5.11 Å². The molecule has 0 amide bonds. The van der Waals surface area contributed by atoms with Crippen LogP contribution in [0.2, 0.25) is 0 Å². The summed E-state index contributed by atoms with van der Waals surface area (Å²) in [6.07, 6.45) is -0.474. The van der Waals surface area contributed by atoms with Crippen molar-refractivity contribution in [2.24, 2.45) is 0 Å². The van der Waals surface area contributed by atoms with E-state index in [1.165, 1.54) is 0 Å². The highest BCUT2D eigenvalue weighted by Gasteiger charge is 2.18. The molecule has 0 bridgehead atoms. The van der Waals surface area contributed by atoms with Gasteiger partial charge in [-0.15, -0.1) is 0 Å². The average Bonchev–Trinajstić information content (AvgIpc) is 2.79. The van der Waals surface area contributed by atoms with Crippen molar-refractivity contribution in [1.29, 1.82) is 5.26 Å². The van der Waals surface area contributed by atoms with Crippen LogP contribution in [0.4, 0.5) is 5.95 Å². The molecule has 92 valence electrons. The molecule has 1 fully saturated rings. The first-order valence-corrected chi connectivity index (χ1v) is 5.50.